The van der Waals surface area contributed by atoms with E-state index >= 15 is 0 Å². The van der Waals surface area contributed by atoms with E-state index in [0.29, 0.717) is 44.9 Å². The minimum atomic E-state index is -1.07. The number of nitrogens with zero attached hydrogens (tertiary/aromatic N) is 4. The number of nitrogens with one attached hydrogen (secondary N) is 1. The van der Waals surface area contributed by atoms with Crippen molar-refractivity contribution in [3.05, 3.63) is 35.9 Å². The largest absolute Gasteiger partial charge is 0.390 e. The molecule has 49 heavy (non-hydrogen) atoms. The van der Waals surface area contributed by atoms with Gasteiger partial charge in [0.1, 0.15) is 6.10 Å². The van der Waals surface area contributed by atoms with E-state index < -0.39 is 24.2 Å². The molecule has 1 saturated carbocycles. The van der Waals surface area contributed by atoms with E-state index in [9.17, 15) is 24.6 Å². The first-order valence-corrected chi connectivity index (χ1v) is 18.3. The number of carbonyl (C=O) groups is 3. The molecule has 10 heteroatoms. The molecule has 0 heterocycles. The van der Waals surface area contributed by atoms with Crippen LogP contribution in [0.15, 0.2) is 30.3 Å². The molecule has 1 fully saturated rings. The Hall–Kier alpha value is -2.81. The van der Waals surface area contributed by atoms with Crippen LogP contribution in [0, 0.1) is 23.7 Å². The van der Waals surface area contributed by atoms with Gasteiger partial charge in [0, 0.05) is 39.0 Å². The fourth-order valence-corrected chi connectivity index (χ4v) is 6.43. The van der Waals surface area contributed by atoms with Crippen molar-refractivity contribution in [2.45, 2.75) is 103 Å². The smallest absolute Gasteiger partial charge is 0.314 e. The fraction of sp³-hybridized carbons (Fsp3) is 0.718. The second-order valence-corrected chi connectivity index (χ2v) is 15.2. The summed E-state index contributed by atoms with van der Waals surface area (Å²) in [5.74, 6) is 5.65. The molecule has 0 saturated heterocycles. The number of likely N-dealkylation sites (N-methyl/N-ethyl adjacent to an activating group) is 3. The first-order valence-electron chi connectivity index (χ1n) is 18.3. The van der Waals surface area contributed by atoms with Crippen LogP contribution in [-0.2, 0) is 20.9 Å². The lowest BCUT2D eigenvalue weighted by Gasteiger charge is -2.34. The molecule has 1 aromatic carbocycles. The lowest BCUT2D eigenvalue weighted by Crippen LogP contribution is -2.55. The van der Waals surface area contributed by atoms with E-state index in [1.807, 2.05) is 79.4 Å². The number of benzene rings is 1. The van der Waals surface area contributed by atoms with Crippen molar-refractivity contribution >= 4 is 17.7 Å². The second kappa shape index (κ2) is 22.1. The van der Waals surface area contributed by atoms with Gasteiger partial charge in [-0.15, -0.1) is 0 Å². The molecule has 3 N–H and O–H groups in total. The van der Waals surface area contributed by atoms with Crippen LogP contribution in [0.1, 0.15) is 83.6 Å². The quantitative estimate of drug-likeness (QED) is 0.142. The molecule has 0 aliphatic heterocycles. The SMILES string of the molecule is CC(C)C[C@H](O)[C@H](O)[C@@H](CC1CCCCC1)NC(=O)C#CCCN(Cc1ccccc1)C(=O)CCC(=O)[N+](C)(CCN(C)C)CCN(C)C. The second-order valence-electron chi connectivity index (χ2n) is 15.2. The van der Waals surface area contributed by atoms with Crippen LogP contribution in [0.5, 0.6) is 0 Å². The molecular formula is C39H66N5O5+. The normalized spacial score (nSPS) is 15.8. The third-order valence-corrected chi connectivity index (χ3v) is 9.66. The Morgan fingerprint density at radius 1 is 0.918 bits per heavy atom. The van der Waals surface area contributed by atoms with Gasteiger partial charge in [0.15, 0.2) is 0 Å². The van der Waals surface area contributed by atoms with Crippen LogP contribution in [0.3, 0.4) is 0 Å². The van der Waals surface area contributed by atoms with Crippen molar-refractivity contribution in [2.24, 2.45) is 11.8 Å². The maximum Gasteiger partial charge on any atom is 0.314 e. The summed E-state index contributed by atoms with van der Waals surface area (Å²) in [6.45, 7) is 7.59. The number of aliphatic hydroxyl groups is 2. The molecule has 0 unspecified atom stereocenters. The zero-order valence-electron chi connectivity index (χ0n) is 31.5. The summed E-state index contributed by atoms with van der Waals surface area (Å²) in [5.41, 5.74) is 0.977. The number of amides is 3. The fourth-order valence-electron chi connectivity index (χ4n) is 6.43. The van der Waals surface area contributed by atoms with Gasteiger partial charge in [-0.1, -0.05) is 82.2 Å². The van der Waals surface area contributed by atoms with E-state index in [0.717, 1.165) is 44.3 Å². The summed E-state index contributed by atoms with van der Waals surface area (Å²) in [6, 6.07) is 9.14. The zero-order chi connectivity index (χ0) is 36.4. The first-order chi connectivity index (χ1) is 23.2. The van der Waals surface area contributed by atoms with Crippen LogP contribution >= 0.6 is 0 Å². The Labute approximate surface area is 296 Å². The summed E-state index contributed by atoms with van der Waals surface area (Å²) in [6.07, 6.45) is 5.25. The van der Waals surface area contributed by atoms with Crippen LogP contribution in [0.25, 0.3) is 0 Å². The number of hydrogen-bond acceptors (Lipinski definition) is 7. The minimum absolute atomic E-state index is 0.0525. The Balaban J connectivity index is 2.08. The highest BCUT2D eigenvalue weighted by molar-refractivity contribution is 5.93. The molecule has 2 rings (SSSR count). The van der Waals surface area contributed by atoms with Crippen molar-refractivity contribution in [2.75, 3.05) is 68.0 Å². The van der Waals surface area contributed by atoms with Gasteiger partial charge >= 0.3 is 5.91 Å². The van der Waals surface area contributed by atoms with Crippen LogP contribution in [0.4, 0.5) is 0 Å². The maximum atomic E-state index is 13.6. The van der Waals surface area contributed by atoms with E-state index in [-0.39, 0.29) is 41.5 Å². The predicted molar refractivity (Wildman–Crippen MR) is 196 cm³/mol. The molecule has 1 aliphatic carbocycles. The van der Waals surface area contributed by atoms with Crippen molar-refractivity contribution in [1.29, 1.82) is 0 Å². The van der Waals surface area contributed by atoms with Crippen LogP contribution in [0.2, 0.25) is 0 Å². The van der Waals surface area contributed by atoms with E-state index in [1.54, 1.807) is 4.90 Å². The molecule has 0 radical (unpaired) electrons. The third kappa shape index (κ3) is 16.6. The Morgan fingerprint density at radius 3 is 2.10 bits per heavy atom. The van der Waals surface area contributed by atoms with Gasteiger partial charge in [0.05, 0.1) is 38.7 Å². The van der Waals surface area contributed by atoms with E-state index in [4.69, 9.17) is 0 Å². The monoisotopic (exact) mass is 685 g/mol. The summed E-state index contributed by atoms with van der Waals surface area (Å²) < 4.78 is 0.272. The Kier molecular flexibility index (Phi) is 19.1. The van der Waals surface area contributed by atoms with Crippen LogP contribution < -0.4 is 5.32 Å². The first kappa shape index (κ1) is 42.4. The van der Waals surface area contributed by atoms with Crippen molar-refractivity contribution in [3.8, 4) is 11.8 Å². The number of quaternary nitrogens is 1. The van der Waals surface area contributed by atoms with Gasteiger partial charge in [-0.3, -0.25) is 14.1 Å². The molecule has 3 amide bonds. The molecule has 0 bridgehead atoms. The van der Waals surface area contributed by atoms with Gasteiger partial charge in [-0.25, -0.2) is 4.79 Å². The molecule has 10 nitrogen and oxygen atoms in total. The van der Waals surface area contributed by atoms with Gasteiger partial charge in [-0.05, 0) is 64.4 Å². The molecule has 1 aliphatic rings. The molecular weight excluding hydrogens is 618 g/mol. The highest BCUT2D eigenvalue weighted by Gasteiger charge is 2.33. The van der Waals surface area contributed by atoms with Gasteiger partial charge in [0.2, 0.25) is 5.91 Å². The standard InChI is InChI=1S/C39H65N5O5/c1-31(2)28-35(45)39(49)34(29-32-16-10-8-11-17-32)40-36(46)20-14-15-23-43(30-33-18-12-9-13-19-33)37(47)21-22-38(48)44(7,26-24-41(3)4)27-25-42(5)6/h9,12-13,18-19,31-32,34-35,39,45,49H,8,10-11,15-17,21-30H2,1-7H3/p+1/t34-,35+,39-/m1/s1. The number of carbonyl (C=O) groups excluding carboxylic acids is 3. The van der Waals surface area contributed by atoms with Crippen molar-refractivity contribution in [3.63, 3.8) is 0 Å². The lowest BCUT2D eigenvalue weighted by atomic mass is 9.82. The third-order valence-electron chi connectivity index (χ3n) is 9.66. The highest BCUT2D eigenvalue weighted by atomic mass is 16.3. The number of rotatable bonds is 20. The van der Waals surface area contributed by atoms with E-state index in [2.05, 4.69) is 27.0 Å². The number of aliphatic hydroxyl groups excluding tert-OH is 2. The van der Waals surface area contributed by atoms with Gasteiger partial charge in [-0.2, -0.15) is 0 Å². The molecule has 0 aromatic heterocycles. The Bertz CT molecular complexity index is 1180. The summed E-state index contributed by atoms with van der Waals surface area (Å²) in [5, 5.41) is 24.6. The average molecular weight is 685 g/mol. The lowest BCUT2D eigenvalue weighted by molar-refractivity contribution is -0.833. The van der Waals surface area contributed by atoms with Crippen LogP contribution in [-0.4, -0.2) is 133 Å². The Morgan fingerprint density at radius 2 is 1.53 bits per heavy atom. The summed E-state index contributed by atoms with van der Waals surface area (Å²) in [7, 11) is 9.95. The topological polar surface area (TPSA) is 113 Å². The summed E-state index contributed by atoms with van der Waals surface area (Å²) in [4.78, 5) is 45.9. The van der Waals surface area contributed by atoms with Crippen molar-refractivity contribution in [1.82, 2.24) is 20.0 Å². The molecule has 1 aromatic rings. The average Bonchev–Trinajstić information content (AvgIpc) is 3.06. The minimum Gasteiger partial charge on any atom is -0.390 e. The summed E-state index contributed by atoms with van der Waals surface area (Å²) >= 11 is 0. The predicted octanol–water partition coefficient (Wildman–Crippen LogP) is 3.51. The highest BCUT2D eigenvalue weighted by Crippen LogP contribution is 2.29. The van der Waals surface area contributed by atoms with Gasteiger partial charge in [0.25, 0.3) is 5.91 Å². The molecule has 0 spiro atoms. The molecule has 3 atom stereocenters. The zero-order valence-corrected chi connectivity index (χ0v) is 31.5. The maximum absolute atomic E-state index is 13.6. The number of hydrogen-bond donors (Lipinski definition) is 3. The van der Waals surface area contributed by atoms with E-state index in [1.165, 1.54) is 6.42 Å². The molecule has 276 valence electrons. The van der Waals surface area contributed by atoms with Gasteiger partial charge < -0.3 is 30.2 Å². The van der Waals surface area contributed by atoms with Crippen molar-refractivity contribution < 1.29 is 29.1 Å².